The van der Waals surface area contributed by atoms with Crippen LogP contribution in [0.5, 0.6) is 0 Å². The van der Waals surface area contributed by atoms with Crippen LogP contribution in [0.3, 0.4) is 0 Å². The molecule has 4 aliphatic carbocycles. The van der Waals surface area contributed by atoms with Crippen LogP contribution in [-0.4, -0.2) is 11.9 Å². The number of allylic oxidation sites excluding steroid dienone is 1. The Morgan fingerprint density at radius 1 is 0.973 bits per heavy atom. The molecule has 0 N–H and O–H groups in total. The van der Waals surface area contributed by atoms with Crippen LogP contribution in [0.15, 0.2) is 42.0 Å². The lowest BCUT2D eigenvalue weighted by atomic mass is 9.46. The van der Waals surface area contributed by atoms with E-state index in [0.29, 0.717) is 16.9 Å². The molecule has 5 rings (SSSR count). The van der Waals surface area contributed by atoms with E-state index in [4.69, 9.17) is 0 Å². The molecule has 0 aliphatic heterocycles. The van der Waals surface area contributed by atoms with Gasteiger partial charge in [0.15, 0.2) is 0 Å². The molecule has 0 bridgehead atoms. The molecule has 1 amide bonds. The van der Waals surface area contributed by atoms with Gasteiger partial charge >= 0.3 is 0 Å². The Morgan fingerprint density at radius 3 is 2.43 bits per heavy atom. The van der Waals surface area contributed by atoms with E-state index < -0.39 is 0 Å². The van der Waals surface area contributed by atoms with Gasteiger partial charge in [0.1, 0.15) is 0 Å². The van der Waals surface area contributed by atoms with Crippen molar-refractivity contribution < 1.29 is 4.79 Å². The summed E-state index contributed by atoms with van der Waals surface area (Å²) in [5.74, 6) is 5.44. The van der Waals surface area contributed by atoms with Gasteiger partial charge in [0, 0.05) is 18.7 Å². The summed E-state index contributed by atoms with van der Waals surface area (Å²) in [7, 11) is 0. The molecular weight excluding hydrogens is 450 g/mol. The molecule has 0 radical (unpaired) electrons. The Balaban J connectivity index is 1.32. The summed E-state index contributed by atoms with van der Waals surface area (Å²) in [5.41, 5.74) is 3.62. The molecule has 8 atom stereocenters. The smallest absolute Gasteiger partial charge is 0.224 e. The fourth-order valence-corrected chi connectivity index (χ4v) is 10.1. The third-order valence-corrected chi connectivity index (χ3v) is 12.0. The van der Waals surface area contributed by atoms with Crippen molar-refractivity contribution >= 4 is 11.6 Å². The summed E-state index contributed by atoms with van der Waals surface area (Å²) in [4.78, 5) is 14.9. The number of hydrogen-bond donors (Lipinski definition) is 0. The van der Waals surface area contributed by atoms with Crippen molar-refractivity contribution in [2.45, 2.75) is 118 Å². The lowest BCUT2D eigenvalue weighted by Gasteiger charge is -2.59. The van der Waals surface area contributed by atoms with Gasteiger partial charge < -0.3 is 4.90 Å². The molecule has 3 saturated carbocycles. The van der Waals surface area contributed by atoms with Gasteiger partial charge in [-0.2, -0.15) is 0 Å². The highest BCUT2D eigenvalue weighted by Gasteiger charge is 2.59. The highest BCUT2D eigenvalue weighted by atomic mass is 16.2. The average molecular weight is 504 g/mol. The number of anilines is 1. The van der Waals surface area contributed by atoms with Crippen LogP contribution < -0.4 is 4.90 Å². The number of hydrogen-bond acceptors (Lipinski definition) is 1. The van der Waals surface area contributed by atoms with E-state index in [1.54, 1.807) is 12.5 Å². The number of nitrogens with zero attached hydrogens (tertiary/aromatic N) is 1. The molecule has 0 saturated heterocycles. The zero-order chi connectivity index (χ0) is 26.4. The van der Waals surface area contributed by atoms with Crippen molar-refractivity contribution in [3.8, 4) is 0 Å². The first-order valence-corrected chi connectivity index (χ1v) is 15.7. The normalized spacial score (nSPS) is 37.8. The van der Waals surface area contributed by atoms with E-state index >= 15 is 0 Å². The molecule has 0 unspecified atom stereocenters. The molecule has 2 heteroatoms. The molecule has 1 aromatic rings. The summed E-state index contributed by atoms with van der Waals surface area (Å²) in [6.07, 6.45) is 17.4. The molecule has 204 valence electrons. The Labute approximate surface area is 227 Å². The van der Waals surface area contributed by atoms with Crippen LogP contribution in [0.25, 0.3) is 0 Å². The van der Waals surface area contributed by atoms with E-state index in [9.17, 15) is 4.79 Å². The van der Waals surface area contributed by atoms with Gasteiger partial charge in [-0.25, -0.2) is 0 Å². The second-order valence-electron chi connectivity index (χ2n) is 14.4. The van der Waals surface area contributed by atoms with Crippen molar-refractivity contribution in [2.75, 3.05) is 4.90 Å². The van der Waals surface area contributed by atoms with Crippen LogP contribution in [0.4, 0.5) is 5.69 Å². The minimum Gasteiger partial charge on any atom is -0.309 e. The summed E-state index contributed by atoms with van der Waals surface area (Å²) in [6, 6.07) is 10.7. The second kappa shape index (κ2) is 10.5. The monoisotopic (exact) mass is 503 g/mol. The second-order valence-corrected chi connectivity index (χ2v) is 14.4. The van der Waals surface area contributed by atoms with Gasteiger partial charge in [0.05, 0.1) is 0 Å². The van der Waals surface area contributed by atoms with Gasteiger partial charge in [-0.15, -0.1) is 0 Å². The van der Waals surface area contributed by atoms with Gasteiger partial charge in [0.2, 0.25) is 5.91 Å². The maximum Gasteiger partial charge on any atom is 0.224 e. The Bertz CT molecular complexity index is 980. The summed E-state index contributed by atoms with van der Waals surface area (Å²) < 4.78 is 0. The molecular formula is C35H53NO. The topological polar surface area (TPSA) is 20.3 Å². The SMILES string of the molecule is CC(=O)N(c1ccccc1)[C@@H]1CC[C@@]2(C)C(=CC[C@H]3[C@@H]4CC[C@H]([C@H](C)CCCC(C)C)[C@@]4(C)CC[C@@H]32)C1. The van der Waals surface area contributed by atoms with Crippen molar-refractivity contribution in [3.63, 3.8) is 0 Å². The van der Waals surface area contributed by atoms with Crippen LogP contribution in [0.2, 0.25) is 0 Å². The predicted octanol–water partition coefficient (Wildman–Crippen LogP) is 9.45. The molecule has 1 aromatic carbocycles. The number of para-hydroxylation sites is 1. The average Bonchev–Trinajstić information content (AvgIpc) is 3.22. The van der Waals surface area contributed by atoms with Crippen molar-refractivity contribution in [1.82, 2.24) is 0 Å². The van der Waals surface area contributed by atoms with Crippen molar-refractivity contribution in [3.05, 3.63) is 42.0 Å². The third-order valence-electron chi connectivity index (χ3n) is 12.0. The molecule has 0 aromatic heterocycles. The largest absolute Gasteiger partial charge is 0.309 e. The molecule has 0 spiro atoms. The molecule has 4 aliphatic rings. The number of carbonyl (C=O) groups excluding carboxylic acids is 1. The first-order chi connectivity index (χ1) is 17.6. The Hall–Kier alpha value is -1.57. The molecule has 0 heterocycles. The lowest BCUT2D eigenvalue weighted by molar-refractivity contribution is -0.117. The van der Waals surface area contributed by atoms with Crippen LogP contribution in [0.1, 0.15) is 112 Å². The summed E-state index contributed by atoms with van der Waals surface area (Å²) >= 11 is 0. The van der Waals surface area contributed by atoms with Gasteiger partial charge in [-0.3, -0.25) is 4.79 Å². The third kappa shape index (κ3) is 4.85. The van der Waals surface area contributed by atoms with Crippen LogP contribution in [-0.2, 0) is 4.79 Å². The number of carbonyl (C=O) groups is 1. The van der Waals surface area contributed by atoms with Gasteiger partial charge in [0.25, 0.3) is 0 Å². The maximum atomic E-state index is 12.8. The molecule has 2 nitrogen and oxygen atoms in total. The number of amides is 1. The zero-order valence-corrected chi connectivity index (χ0v) is 24.6. The van der Waals surface area contributed by atoms with E-state index in [-0.39, 0.29) is 5.91 Å². The number of rotatable bonds is 7. The maximum absolute atomic E-state index is 12.8. The van der Waals surface area contributed by atoms with E-state index in [1.807, 2.05) is 6.07 Å². The Morgan fingerprint density at radius 2 is 1.73 bits per heavy atom. The predicted molar refractivity (Wildman–Crippen MR) is 156 cm³/mol. The fourth-order valence-electron chi connectivity index (χ4n) is 10.1. The highest BCUT2D eigenvalue weighted by Crippen LogP contribution is 2.67. The number of benzene rings is 1. The first-order valence-electron chi connectivity index (χ1n) is 15.7. The minimum absolute atomic E-state index is 0.182. The first kappa shape index (κ1) is 27.0. The quantitative estimate of drug-likeness (QED) is 0.339. The van der Waals surface area contributed by atoms with Gasteiger partial charge in [-0.05, 0) is 110 Å². The van der Waals surface area contributed by atoms with Crippen molar-refractivity contribution in [1.29, 1.82) is 0 Å². The lowest BCUT2D eigenvalue weighted by Crippen LogP contribution is -2.52. The van der Waals surface area contributed by atoms with E-state index in [1.165, 1.54) is 57.8 Å². The minimum atomic E-state index is 0.182. The van der Waals surface area contributed by atoms with Gasteiger partial charge in [-0.1, -0.05) is 83.7 Å². The summed E-state index contributed by atoms with van der Waals surface area (Å²) in [6.45, 7) is 14.4. The Kier molecular flexibility index (Phi) is 7.69. The highest BCUT2D eigenvalue weighted by molar-refractivity contribution is 5.92. The fraction of sp³-hybridized carbons (Fsp3) is 0.743. The standard InChI is InChI=1S/C35H53NO/c1-24(2)11-10-12-25(3)31-17-18-32-30-16-15-27-23-29(36(26(4)37)28-13-8-7-9-14-28)19-21-34(27,5)33(30)20-22-35(31,32)6/h7-9,13-15,24-25,29-33H,10-12,16-23H2,1-6H3/t25-,29-,30+,31-,32+,33+,34+,35-/m1/s1. The zero-order valence-electron chi connectivity index (χ0n) is 24.6. The summed E-state index contributed by atoms with van der Waals surface area (Å²) in [5, 5.41) is 0. The van der Waals surface area contributed by atoms with Crippen molar-refractivity contribution in [2.24, 2.45) is 46.3 Å². The molecule has 37 heavy (non-hydrogen) atoms. The molecule has 3 fully saturated rings. The van der Waals surface area contributed by atoms with Crippen LogP contribution >= 0.6 is 0 Å². The van der Waals surface area contributed by atoms with E-state index in [2.05, 4.69) is 69.9 Å². The van der Waals surface area contributed by atoms with E-state index in [0.717, 1.165) is 54.0 Å². The number of fused-ring (bicyclic) bond motifs is 5. The van der Waals surface area contributed by atoms with Crippen LogP contribution in [0, 0.1) is 46.3 Å².